The number of piperidine rings is 1. The Morgan fingerprint density at radius 2 is 1.62 bits per heavy atom. The quantitative estimate of drug-likeness (QED) is 0.480. The maximum atomic E-state index is 13.2. The van der Waals surface area contributed by atoms with Crippen molar-refractivity contribution in [3.63, 3.8) is 0 Å². The van der Waals surface area contributed by atoms with E-state index in [0.717, 1.165) is 9.92 Å². The van der Waals surface area contributed by atoms with Crippen LogP contribution in [-0.2, 0) is 9.59 Å². The van der Waals surface area contributed by atoms with Gasteiger partial charge in [-0.1, -0.05) is 60.5 Å². The molecule has 1 aliphatic heterocycles. The number of rotatable bonds is 6. The van der Waals surface area contributed by atoms with E-state index in [4.69, 9.17) is 28.3 Å². The fourth-order valence-corrected chi connectivity index (χ4v) is 4.27. The number of likely N-dealkylation sites (tertiary alicyclic amines) is 1. The minimum Gasteiger partial charge on any atom is -0.481 e. The van der Waals surface area contributed by atoms with Crippen molar-refractivity contribution in [3.8, 4) is 0 Å². The molecule has 2 N–H and O–H groups in total. The van der Waals surface area contributed by atoms with Crippen LogP contribution in [0, 0.1) is 5.92 Å². The minimum atomic E-state index is -4.90. The molecule has 0 aliphatic carbocycles. The molecule has 4 unspecified atom stereocenters. The molecule has 0 bridgehead atoms. The number of carboxylic acid groups (broad SMARTS) is 1. The van der Waals surface area contributed by atoms with Gasteiger partial charge >= 0.3 is 12.1 Å². The van der Waals surface area contributed by atoms with Crippen molar-refractivity contribution < 1.29 is 33.0 Å². The van der Waals surface area contributed by atoms with E-state index in [1.54, 1.807) is 24.3 Å². The van der Waals surface area contributed by atoms with Crippen LogP contribution in [0.3, 0.4) is 0 Å². The van der Waals surface area contributed by atoms with Crippen molar-refractivity contribution in [1.29, 1.82) is 0 Å². The Hall–Kier alpha value is -2.29. The first-order valence-electron chi connectivity index (χ1n) is 10.7. The number of hydrogen-bond donors (Lipinski definition) is 2. The highest BCUT2D eigenvalue weighted by Gasteiger charge is 2.50. The molecule has 34 heavy (non-hydrogen) atoms. The Bertz CT molecular complexity index is 941. The molecule has 10 heteroatoms. The number of hydrogen-bond acceptors (Lipinski definition) is 3. The van der Waals surface area contributed by atoms with Gasteiger partial charge in [0.05, 0.1) is 18.5 Å². The summed E-state index contributed by atoms with van der Waals surface area (Å²) in [5.41, 5.74) is 0.592. The van der Waals surface area contributed by atoms with E-state index in [2.05, 4.69) is 0 Å². The molecule has 0 saturated carbocycles. The Morgan fingerprint density at radius 3 is 2.06 bits per heavy atom. The fourth-order valence-electron chi connectivity index (χ4n) is 4.00. The first-order valence-corrected chi connectivity index (χ1v) is 11.5. The number of carbonyl (C=O) groups excluding carboxylic acids is 1. The van der Waals surface area contributed by atoms with Crippen molar-refractivity contribution in [2.75, 3.05) is 0 Å². The number of amides is 1. The number of aliphatic carboxylic acids is 1. The smallest absolute Gasteiger partial charge is 0.416 e. The summed E-state index contributed by atoms with van der Waals surface area (Å²) in [5, 5.41) is 20.1. The number of alkyl halides is 3. The molecule has 3 rings (SSSR count). The SMILES string of the molecule is CCC(C(O)C(F)(F)F)N1C(=O)C(CC(=O)O)CCC1c1ccc(Cl)cc1.Clc1ccccc1. The number of aliphatic hydroxyl groups excluding tert-OH is 1. The van der Waals surface area contributed by atoms with Crippen molar-refractivity contribution >= 4 is 35.1 Å². The van der Waals surface area contributed by atoms with Gasteiger partial charge in [-0.15, -0.1) is 0 Å². The molecule has 0 radical (unpaired) electrons. The van der Waals surface area contributed by atoms with Crippen molar-refractivity contribution in [1.82, 2.24) is 4.90 Å². The number of nitrogens with zero attached hydrogens (tertiary/aromatic N) is 1. The number of halogens is 5. The molecule has 1 amide bonds. The third kappa shape index (κ3) is 7.61. The Labute approximate surface area is 206 Å². The van der Waals surface area contributed by atoms with Crippen LogP contribution in [0.4, 0.5) is 13.2 Å². The Morgan fingerprint density at radius 1 is 1.06 bits per heavy atom. The van der Waals surface area contributed by atoms with Gasteiger partial charge in [0.25, 0.3) is 0 Å². The second kappa shape index (κ2) is 12.4. The van der Waals surface area contributed by atoms with Crippen molar-refractivity contribution in [2.24, 2.45) is 5.92 Å². The van der Waals surface area contributed by atoms with E-state index in [9.17, 15) is 27.9 Å². The second-order valence-electron chi connectivity index (χ2n) is 7.94. The molecule has 0 spiro atoms. The summed E-state index contributed by atoms with van der Waals surface area (Å²) in [5.74, 6) is -2.79. The number of benzene rings is 2. The van der Waals surface area contributed by atoms with E-state index in [1.165, 1.54) is 6.92 Å². The van der Waals surface area contributed by atoms with E-state index in [-0.39, 0.29) is 12.8 Å². The molecular formula is C24H26Cl2F3NO4. The van der Waals surface area contributed by atoms with Crippen LogP contribution in [0.15, 0.2) is 54.6 Å². The predicted octanol–water partition coefficient (Wildman–Crippen LogP) is 6.14. The summed E-state index contributed by atoms with van der Waals surface area (Å²) in [6.07, 6.45) is -7.66. The first-order chi connectivity index (χ1) is 16.0. The lowest BCUT2D eigenvalue weighted by Gasteiger charge is -2.45. The summed E-state index contributed by atoms with van der Waals surface area (Å²) < 4.78 is 39.5. The van der Waals surface area contributed by atoms with Crippen LogP contribution in [0.5, 0.6) is 0 Å². The third-order valence-corrected chi connectivity index (χ3v) is 6.12. The predicted molar refractivity (Wildman–Crippen MR) is 124 cm³/mol. The lowest BCUT2D eigenvalue weighted by molar-refractivity contribution is -0.226. The zero-order valence-electron chi connectivity index (χ0n) is 18.4. The Balaban J connectivity index is 0.000000497. The van der Waals surface area contributed by atoms with Crippen LogP contribution in [0.1, 0.15) is 44.2 Å². The van der Waals surface area contributed by atoms with Gasteiger partial charge in [0.1, 0.15) is 0 Å². The van der Waals surface area contributed by atoms with Crippen LogP contribution in [0.25, 0.3) is 0 Å². The maximum Gasteiger partial charge on any atom is 0.416 e. The van der Waals surface area contributed by atoms with Crippen molar-refractivity contribution in [3.05, 3.63) is 70.2 Å². The summed E-state index contributed by atoms with van der Waals surface area (Å²) >= 11 is 11.4. The van der Waals surface area contributed by atoms with Gasteiger partial charge in [-0.2, -0.15) is 13.2 Å². The summed E-state index contributed by atoms with van der Waals surface area (Å²) in [6, 6.07) is 13.6. The van der Waals surface area contributed by atoms with Gasteiger partial charge in [0.2, 0.25) is 5.91 Å². The maximum absolute atomic E-state index is 13.2. The molecule has 2 aromatic carbocycles. The second-order valence-corrected chi connectivity index (χ2v) is 8.82. The van der Waals surface area contributed by atoms with Crippen molar-refractivity contribution in [2.45, 2.75) is 57.0 Å². The standard InChI is InChI=1S/C18H21ClF3NO4.C6H5Cl/c1-2-13(16(26)18(20,21)22)23-14(10-3-6-12(19)7-4-10)8-5-11(17(23)27)9-15(24)25;7-6-4-2-1-3-5-6/h3-4,6-7,11,13-14,16,26H,2,5,8-9H2,1H3,(H,24,25);1-5H. The molecule has 2 aromatic rings. The van der Waals surface area contributed by atoms with E-state index in [1.807, 2.05) is 30.3 Å². The number of carbonyl (C=O) groups is 2. The van der Waals surface area contributed by atoms with Crippen LogP contribution in [-0.4, -0.2) is 45.3 Å². The summed E-state index contributed by atoms with van der Waals surface area (Å²) in [6.45, 7) is 1.45. The highest BCUT2D eigenvalue weighted by Crippen LogP contribution is 2.40. The van der Waals surface area contributed by atoms with E-state index < -0.39 is 48.6 Å². The average molecular weight is 520 g/mol. The lowest BCUT2D eigenvalue weighted by Crippen LogP contribution is -2.56. The average Bonchev–Trinajstić information content (AvgIpc) is 2.77. The van der Waals surface area contributed by atoms with Crippen LogP contribution < -0.4 is 0 Å². The molecule has 4 atom stereocenters. The molecule has 0 aromatic heterocycles. The van der Waals surface area contributed by atoms with E-state index in [0.29, 0.717) is 17.0 Å². The highest BCUT2D eigenvalue weighted by molar-refractivity contribution is 6.30. The summed E-state index contributed by atoms with van der Waals surface area (Å²) in [7, 11) is 0. The molecule has 1 fully saturated rings. The van der Waals surface area contributed by atoms with Gasteiger partial charge in [-0.3, -0.25) is 9.59 Å². The first kappa shape index (κ1) is 28.0. The lowest BCUT2D eigenvalue weighted by atomic mass is 9.84. The largest absolute Gasteiger partial charge is 0.481 e. The fraction of sp³-hybridized carbons (Fsp3) is 0.417. The molecule has 186 valence electrons. The van der Waals surface area contributed by atoms with Gasteiger partial charge in [0.15, 0.2) is 6.10 Å². The zero-order valence-corrected chi connectivity index (χ0v) is 19.9. The van der Waals surface area contributed by atoms with E-state index >= 15 is 0 Å². The van der Waals surface area contributed by atoms with Crippen LogP contribution >= 0.6 is 23.2 Å². The van der Waals surface area contributed by atoms with Crippen LogP contribution in [0.2, 0.25) is 10.0 Å². The normalized spacial score (nSPS) is 20.2. The number of aliphatic hydroxyl groups is 1. The molecule has 1 heterocycles. The third-order valence-electron chi connectivity index (χ3n) is 5.61. The monoisotopic (exact) mass is 519 g/mol. The van der Waals surface area contributed by atoms with Gasteiger partial charge in [-0.25, -0.2) is 0 Å². The minimum absolute atomic E-state index is 0.129. The van der Waals surface area contributed by atoms with Gasteiger partial charge < -0.3 is 15.1 Å². The molecule has 5 nitrogen and oxygen atoms in total. The molecular weight excluding hydrogens is 494 g/mol. The zero-order chi connectivity index (χ0) is 25.5. The number of carboxylic acids is 1. The highest BCUT2D eigenvalue weighted by atomic mass is 35.5. The topological polar surface area (TPSA) is 77.8 Å². The molecule has 1 saturated heterocycles. The van der Waals surface area contributed by atoms with Gasteiger partial charge in [0, 0.05) is 16.0 Å². The van der Waals surface area contributed by atoms with Gasteiger partial charge in [-0.05, 0) is 49.1 Å². The Kier molecular flexibility index (Phi) is 10.2. The summed E-state index contributed by atoms with van der Waals surface area (Å²) in [4.78, 5) is 25.0. The molecule has 1 aliphatic rings.